The fourth-order valence-electron chi connectivity index (χ4n) is 3.31. The number of rotatable bonds is 3. The molecule has 2 nitrogen and oxygen atoms in total. The molecular formula is C23H15ClN2S. The smallest absolute Gasteiger partial charge is 0.160 e. The molecule has 3 aromatic carbocycles. The Balaban J connectivity index is 1.86. The average molecular weight is 387 g/mol. The van der Waals surface area contributed by atoms with E-state index in [0.717, 1.165) is 38.4 Å². The van der Waals surface area contributed by atoms with E-state index in [9.17, 15) is 0 Å². The number of halogens is 1. The lowest BCUT2D eigenvalue weighted by Crippen LogP contribution is -1.94. The van der Waals surface area contributed by atoms with Crippen LogP contribution in [0.2, 0.25) is 0 Å². The molecule has 0 atom stereocenters. The standard InChI is InChI=1S/C23H15ClN2S/c24-14-15-7-6-10-17(13-15)23-25-20(16-8-2-1-3-9-16)22-21(26-23)18-11-4-5-12-19(18)27-22/h1-13H,14H2. The van der Waals surface area contributed by atoms with E-state index in [1.807, 2.05) is 36.4 Å². The fraction of sp³-hybridized carbons (Fsp3) is 0.0435. The molecule has 0 fully saturated rings. The van der Waals surface area contributed by atoms with E-state index in [-0.39, 0.29) is 0 Å². The summed E-state index contributed by atoms with van der Waals surface area (Å²) < 4.78 is 2.35. The molecule has 5 rings (SSSR count). The Morgan fingerprint density at radius 3 is 2.41 bits per heavy atom. The molecule has 2 heterocycles. The minimum atomic E-state index is 0.475. The minimum absolute atomic E-state index is 0.475. The van der Waals surface area contributed by atoms with E-state index in [4.69, 9.17) is 21.6 Å². The van der Waals surface area contributed by atoms with Crippen LogP contribution in [0.15, 0.2) is 78.9 Å². The third kappa shape index (κ3) is 2.89. The highest BCUT2D eigenvalue weighted by Crippen LogP contribution is 2.39. The van der Waals surface area contributed by atoms with E-state index in [2.05, 4.69) is 42.5 Å². The maximum Gasteiger partial charge on any atom is 0.160 e. The van der Waals surface area contributed by atoms with Crippen molar-refractivity contribution in [1.29, 1.82) is 0 Å². The lowest BCUT2D eigenvalue weighted by Gasteiger charge is -2.07. The van der Waals surface area contributed by atoms with Gasteiger partial charge in [0.15, 0.2) is 5.82 Å². The Kier molecular flexibility index (Phi) is 4.12. The molecule has 0 aliphatic heterocycles. The molecule has 0 spiro atoms. The molecular weight excluding hydrogens is 372 g/mol. The van der Waals surface area contributed by atoms with E-state index >= 15 is 0 Å². The van der Waals surface area contributed by atoms with Gasteiger partial charge in [-0.3, -0.25) is 0 Å². The predicted molar refractivity (Wildman–Crippen MR) is 115 cm³/mol. The third-order valence-corrected chi connectivity index (χ3v) is 6.08. The molecule has 4 heteroatoms. The normalized spacial score (nSPS) is 11.3. The van der Waals surface area contributed by atoms with E-state index in [1.54, 1.807) is 11.3 Å². The molecule has 0 aliphatic rings. The number of thiophene rings is 1. The number of fused-ring (bicyclic) bond motifs is 3. The van der Waals surface area contributed by atoms with Gasteiger partial charge in [-0.1, -0.05) is 66.7 Å². The largest absolute Gasteiger partial charge is 0.226 e. The molecule has 2 aromatic heterocycles. The number of hydrogen-bond acceptors (Lipinski definition) is 3. The van der Waals surface area contributed by atoms with Crippen molar-refractivity contribution >= 4 is 43.2 Å². The zero-order chi connectivity index (χ0) is 18.2. The van der Waals surface area contributed by atoms with Crippen LogP contribution in [-0.4, -0.2) is 9.97 Å². The fourth-order valence-corrected chi connectivity index (χ4v) is 4.63. The van der Waals surface area contributed by atoms with Crippen LogP contribution in [0, 0.1) is 0 Å². The molecule has 0 bridgehead atoms. The van der Waals surface area contributed by atoms with Crippen LogP contribution in [0.25, 0.3) is 42.9 Å². The van der Waals surface area contributed by atoms with Gasteiger partial charge in [0.2, 0.25) is 0 Å². The highest BCUT2D eigenvalue weighted by atomic mass is 35.5. The molecule has 0 unspecified atom stereocenters. The number of nitrogens with zero attached hydrogens (tertiary/aromatic N) is 2. The Labute approximate surface area is 166 Å². The zero-order valence-electron chi connectivity index (χ0n) is 14.4. The average Bonchev–Trinajstić information content (AvgIpc) is 3.12. The molecule has 0 N–H and O–H groups in total. The van der Waals surface area contributed by atoms with Gasteiger partial charge in [0.25, 0.3) is 0 Å². The van der Waals surface area contributed by atoms with E-state index in [1.165, 1.54) is 10.1 Å². The van der Waals surface area contributed by atoms with Gasteiger partial charge in [-0.15, -0.1) is 22.9 Å². The summed E-state index contributed by atoms with van der Waals surface area (Å²) in [5.74, 6) is 1.21. The van der Waals surface area contributed by atoms with Gasteiger partial charge >= 0.3 is 0 Å². The van der Waals surface area contributed by atoms with Gasteiger partial charge in [0.05, 0.1) is 15.9 Å². The van der Waals surface area contributed by atoms with Crippen LogP contribution in [-0.2, 0) is 5.88 Å². The molecule has 5 aromatic rings. The minimum Gasteiger partial charge on any atom is -0.226 e. The topological polar surface area (TPSA) is 25.8 Å². The summed E-state index contributed by atoms with van der Waals surface area (Å²) in [4.78, 5) is 9.92. The van der Waals surface area contributed by atoms with Crippen molar-refractivity contribution in [3.05, 3.63) is 84.4 Å². The first-order valence-electron chi connectivity index (χ1n) is 8.73. The van der Waals surface area contributed by atoms with Gasteiger partial charge < -0.3 is 0 Å². The summed E-state index contributed by atoms with van der Waals surface area (Å²) in [6.45, 7) is 0. The molecule has 27 heavy (non-hydrogen) atoms. The lowest BCUT2D eigenvalue weighted by atomic mass is 10.1. The van der Waals surface area contributed by atoms with E-state index in [0.29, 0.717) is 5.88 Å². The molecule has 0 saturated heterocycles. The van der Waals surface area contributed by atoms with Gasteiger partial charge in [-0.25, -0.2) is 9.97 Å². The van der Waals surface area contributed by atoms with Crippen molar-refractivity contribution in [1.82, 2.24) is 9.97 Å². The van der Waals surface area contributed by atoms with Crippen LogP contribution < -0.4 is 0 Å². The second kappa shape index (κ2) is 6.76. The Morgan fingerprint density at radius 2 is 1.56 bits per heavy atom. The zero-order valence-corrected chi connectivity index (χ0v) is 16.0. The van der Waals surface area contributed by atoms with Gasteiger partial charge in [0.1, 0.15) is 0 Å². The molecule has 0 radical (unpaired) electrons. The molecule has 130 valence electrons. The Bertz CT molecular complexity index is 1260. The third-order valence-electron chi connectivity index (χ3n) is 4.61. The van der Waals surface area contributed by atoms with Crippen molar-refractivity contribution in [3.8, 4) is 22.6 Å². The summed E-state index contributed by atoms with van der Waals surface area (Å²) in [6, 6.07) is 26.9. The van der Waals surface area contributed by atoms with Crippen molar-refractivity contribution < 1.29 is 0 Å². The second-order valence-corrected chi connectivity index (χ2v) is 7.69. The van der Waals surface area contributed by atoms with Crippen LogP contribution in [0.3, 0.4) is 0 Å². The van der Waals surface area contributed by atoms with Crippen LogP contribution in [0.5, 0.6) is 0 Å². The number of aromatic nitrogens is 2. The summed E-state index contributed by atoms with van der Waals surface area (Å²) in [6.07, 6.45) is 0. The summed E-state index contributed by atoms with van der Waals surface area (Å²) in [5, 5.41) is 1.17. The number of alkyl halides is 1. The first-order valence-corrected chi connectivity index (χ1v) is 10.1. The van der Waals surface area contributed by atoms with Crippen molar-refractivity contribution in [2.75, 3.05) is 0 Å². The highest BCUT2D eigenvalue weighted by Gasteiger charge is 2.16. The Morgan fingerprint density at radius 1 is 0.778 bits per heavy atom. The van der Waals surface area contributed by atoms with Gasteiger partial charge in [-0.2, -0.15) is 0 Å². The number of benzene rings is 3. The summed E-state index contributed by atoms with van der Waals surface area (Å²) in [7, 11) is 0. The molecule has 0 saturated carbocycles. The number of hydrogen-bond donors (Lipinski definition) is 0. The van der Waals surface area contributed by atoms with Crippen LogP contribution in [0.1, 0.15) is 5.56 Å². The summed E-state index contributed by atoms with van der Waals surface area (Å²) >= 11 is 7.78. The van der Waals surface area contributed by atoms with Gasteiger partial charge in [-0.05, 0) is 17.7 Å². The van der Waals surface area contributed by atoms with Gasteiger partial charge in [0, 0.05) is 27.1 Å². The van der Waals surface area contributed by atoms with Crippen molar-refractivity contribution in [2.45, 2.75) is 5.88 Å². The SMILES string of the molecule is ClCc1cccc(-c2nc(-c3ccccc3)c3sc4ccccc4c3n2)c1. The second-order valence-electron chi connectivity index (χ2n) is 6.37. The van der Waals surface area contributed by atoms with Crippen molar-refractivity contribution in [3.63, 3.8) is 0 Å². The van der Waals surface area contributed by atoms with Crippen LogP contribution in [0.4, 0.5) is 0 Å². The van der Waals surface area contributed by atoms with Crippen molar-refractivity contribution in [2.24, 2.45) is 0 Å². The maximum atomic E-state index is 6.03. The monoisotopic (exact) mass is 386 g/mol. The van der Waals surface area contributed by atoms with E-state index < -0.39 is 0 Å². The maximum absolute atomic E-state index is 6.03. The lowest BCUT2D eigenvalue weighted by molar-refractivity contribution is 1.23. The first kappa shape index (κ1) is 16.4. The molecule has 0 aliphatic carbocycles. The molecule has 0 amide bonds. The highest BCUT2D eigenvalue weighted by molar-refractivity contribution is 7.26. The Hall–Kier alpha value is -2.75. The first-order chi connectivity index (χ1) is 13.3. The quantitative estimate of drug-likeness (QED) is 0.314. The predicted octanol–water partition coefficient (Wildman–Crippen LogP) is 6.92. The van der Waals surface area contributed by atoms with Crippen LogP contribution >= 0.6 is 22.9 Å². The summed E-state index contributed by atoms with van der Waals surface area (Å²) in [5.41, 5.74) is 5.15.